The highest BCUT2D eigenvalue weighted by Gasteiger charge is 2.38. The quantitative estimate of drug-likeness (QED) is 0.389. The highest BCUT2D eigenvalue weighted by atomic mass is 32.2. The molecule has 3 N–H and O–H groups in total. The summed E-state index contributed by atoms with van der Waals surface area (Å²) in [5, 5.41) is 6.02. The van der Waals surface area contributed by atoms with E-state index in [4.69, 9.17) is 0 Å². The first-order chi connectivity index (χ1) is 17.8. The van der Waals surface area contributed by atoms with Crippen LogP contribution in [0.25, 0.3) is 0 Å². The summed E-state index contributed by atoms with van der Waals surface area (Å²) in [4.78, 5) is 43.5. The van der Waals surface area contributed by atoms with E-state index in [2.05, 4.69) is 34.1 Å². The first-order valence-electron chi connectivity index (χ1n) is 13.2. The molecule has 3 atom stereocenters. The lowest BCUT2D eigenvalue weighted by Crippen LogP contribution is -2.59. The van der Waals surface area contributed by atoms with Gasteiger partial charge in [-0.25, -0.2) is 4.21 Å². The van der Waals surface area contributed by atoms with Gasteiger partial charge in [-0.3, -0.25) is 24.0 Å². The number of hydrogen-bond acceptors (Lipinski definition) is 6. The Morgan fingerprint density at radius 3 is 2.34 bits per heavy atom. The maximum atomic E-state index is 13.4. The minimum Gasteiger partial charge on any atom is -0.388 e. The van der Waals surface area contributed by atoms with Crippen LogP contribution in [0.15, 0.2) is 40.8 Å². The third kappa shape index (κ3) is 8.66. The predicted octanol–water partition coefficient (Wildman–Crippen LogP) is 3.07. The van der Waals surface area contributed by atoms with E-state index in [1.165, 1.54) is 4.90 Å². The second-order valence-corrected chi connectivity index (χ2v) is 12.4. The van der Waals surface area contributed by atoms with Crippen molar-refractivity contribution in [2.24, 2.45) is 5.41 Å². The SMILES string of the molecule is CNc1ccc(S(=O)NC(=O)/C(C)=C/CN(C)C(=O)C(NC(=O)C2CCCCN2C(C)C)C(C)(C)C)cc1. The van der Waals surface area contributed by atoms with Gasteiger partial charge in [-0.05, 0) is 69.8 Å². The number of nitrogens with zero attached hydrogens (tertiary/aromatic N) is 2. The minimum absolute atomic E-state index is 0.114. The molecule has 1 aromatic carbocycles. The molecule has 0 radical (unpaired) electrons. The lowest BCUT2D eigenvalue weighted by molar-refractivity contribution is -0.140. The van der Waals surface area contributed by atoms with Crippen LogP contribution < -0.4 is 15.4 Å². The number of rotatable bonds is 10. The zero-order chi connectivity index (χ0) is 28.6. The molecule has 1 aromatic rings. The van der Waals surface area contributed by atoms with Crippen molar-refractivity contribution in [2.45, 2.75) is 83.8 Å². The molecule has 2 rings (SSSR count). The van der Waals surface area contributed by atoms with Crippen molar-refractivity contribution in [1.29, 1.82) is 0 Å². The number of amides is 3. The van der Waals surface area contributed by atoms with Crippen molar-refractivity contribution < 1.29 is 18.6 Å². The lowest BCUT2D eigenvalue weighted by Gasteiger charge is -2.40. The molecule has 0 saturated carbocycles. The van der Waals surface area contributed by atoms with Crippen LogP contribution in [-0.4, -0.2) is 77.0 Å². The van der Waals surface area contributed by atoms with Crippen LogP contribution in [0.4, 0.5) is 5.69 Å². The molecule has 1 heterocycles. The molecule has 3 amide bonds. The molecule has 1 fully saturated rings. The second kappa shape index (κ2) is 13.9. The van der Waals surface area contributed by atoms with Gasteiger partial charge in [0, 0.05) is 37.9 Å². The van der Waals surface area contributed by atoms with Crippen LogP contribution >= 0.6 is 0 Å². The van der Waals surface area contributed by atoms with E-state index in [1.54, 1.807) is 51.4 Å². The highest BCUT2D eigenvalue weighted by molar-refractivity contribution is 7.83. The lowest BCUT2D eigenvalue weighted by atomic mass is 9.85. The molecule has 1 aliphatic heterocycles. The van der Waals surface area contributed by atoms with Crippen molar-refractivity contribution in [3.63, 3.8) is 0 Å². The molecule has 0 aliphatic carbocycles. The summed E-state index contributed by atoms with van der Waals surface area (Å²) in [5.41, 5.74) is 0.714. The van der Waals surface area contributed by atoms with E-state index in [-0.39, 0.29) is 30.4 Å². The van der Waals surface area contributed by atoms with Gasteiger partial charge in [0.2, 0.25) is 11.8 Å². The first-order valence-corrected chi connectivity index (χ1v) is 14.4. The van der Waals surface area contributed by atoms with E-state index < -0.39 is 28.3 Å². The maximum Gasteiger partial charge on any atom is 0.258 e. The number of hydrogen-bond donors (Lipinski definition) is 3. The van der Waals surface area contributed by atoms with Crippen molar-refractivity contribution in [2.75, 3.05) is 32.5 Å². The fraction of sp³-hybridized carbons (Fsp3) is 0.607. The maximum absolute atomic E-state index is 13.4. The average molecular weight is 548 g/mol. The van der Waals surface area contributed by atoms with Gasteiger partial charge in [-0.15, -0.1) is 0 Å². The predicted molar refractivity (Wildman–Crippen MR) is 153 cm³/mol. The van der Waals surface area contributed by atoms with Crippen LogP contribution in [0, 0.1) is 5.41 Å². The normalized spacial score (nSPS) is 18.4. The van der Waals surface area contributed by atoms with E-state index in [1.807, 2.05) is 20.8 Å². The van der Waals surface area contributed by atoms with E-state index in [0.29, 0.717) is 10.5 Å². The summed E-state index contributed by atoms with van der Waals surface area (Å²) in [7, 11) is 1.74. The average Bonchev–Trinajstić information content (AvgIpc) is 2.88. The van der Waals surface area contributed by atoms with Gasteiger partial charge in [0.1, 0.15) is 6.04 Å². The zero-order valence-electron chi connectivity index (χ0n) is 24.1. The highest BCUT2D eigenvalue weighted by Crippen LogP contribution is 2.24. The Bertz CT molecular complexity index is 1030. The molecule has 0 spiro atoms. The van der Waals surface area contributed by atoms with Gasteiger partial charge >= 0.3 is 0 Å². The molecule has 1 aliphatic rings. The molecular formula is C28H45N5O4S. The number of likely N-dealkylation sites (tertiary alicyclic amines) is 1. The number of benzene rings is 1. The largest absolute Gasteiger partial charge is 0.388 e. The van der Waals surface area contributed by atoms with E-state index >= 15 is 0 Å². The Hall–Kier alpha value is -2.72. The fourth-order valence-electron chi connectivity index (χ4n) is 4.39. The van der Waals surface area contributed by atoms with E-state index in [9.17, 15) is 18.6 Å². The van der Waals surface area contributed by atoms with Gasteiger partial charge in [-0.1, -0.05) is 33.3 Å². The Kier molecular flexibility index (Phi) is 11.5. The van der Waals surface area contributed by atoms with Gasteiger partial charge in [0.25, 0.3) is 5.91 Å². The van der Waals surface area contributed by atoms with Crippen LogP contribution in [-0.2, 0) is 25.4 Å². The number of piperidine rings is 1. The summed E-state index contributed by atoms with van der Waals surface area (Å²) < 4.78 is 15.0. The number of anilines is 1. The van der Waals surface area contributed by atoms with Crippen LogP contribution in [0.3, 0.4) is 0 Å². The molecule has 3 unspecified atom stereocenters. The third-order valence-corrected chi connectivity index (χ3v) is 7.93. The number of likely N-dealkylation sites (N-methyl/N-ethyl adjacent to an activating group) is 1. The Morgan fingerprint density at radius 1 is 1.16 bits per heavy atom. The summed E-state index contributed by atoms with van der Waals surface area (Å²) in [6.07, 6.45) is 4.47. The van der Waals surface area contributed by atoms with Crippen LogP contribution in [0.1, 0.15) is 60.8 Å². The molecule has 1 saturated heterocycles. The third-order valence-electron chi connectivity index (χ3n) is 6.86. The number of carbonyl (C=O) groups is 3. The molecular weight excluding hydrogens is 502 g/mol. The monoisotopic (exact) mass is 547 g/mol. The van der Waals surface area contributed by atoms with Crippen molar-refractivity contribution in [3.05, 3.63) is 35.9 Å². The summed E-state index contributed by atoms with van der Waals surface area (Å²) in [5.74, 6) is -0.819. The molecule has 212 valence electrons. The fourth-order valence-corrected chi connectivity index (χ4v) is 5.22. The Labute approximate surface area is 230 Å². The van der Waals surface area contributed by atoms with Crippen LogP contribution in [0.2, 0.25) is 0 Å². The minimum atomic E-state index is -1.70. The number of nitrogens with one attached hydrogen (secondary N) is 3. The standard InChI is InChI=1S/C28H45N5O4S/c1-19(2)33-17-10-9-11-23(33)26(35)30-24(28(4,5)6)27(36)32(8)18-16-20(3)25(34)31-38(37)22-14-12-21(29-7)13-15-22/h12-16,19,23-24,29H,9-11,17-18H2,1-8H3,(H,30,35)(H,31,34)/b20-16+. The van der Waals surface area contributed by atoms with Gasteiger partial charge in [0.05, 0.1) is 10.9 Å². The number of carbonyl (C=O) groups excluding carboxylic acids is 3. The van der Waals surface area contributed by atoms with Crippen LogP contribution in [0.5, 0.6) is 0 Å². The van der Waals surface area contributed by atoms with E-state index in [0.717, 1.165) is 31.5 Å². The molecule has 0 bridgehead atoms. The molecule has 10 heteroatoms. The summed E-state index contributed by atoms with van der Waals surface area (Å²) in [6, 6.07) is 6.21. The van der Waals surface area contributed by atoms with Crippen molar-refractivity contribution >= 4 is 34.4 Å². The first kappa shape index (κ1) is 31.5. The van der Waals surface area contributed by atoms with Crippen molar-refractivity contribution in [3.8, 4) is 0 Å². The summed E-state index contributed by atoms with van der Waals surface area (Å²) >= 11 is 0. The second-order valence-electron chi connectivity index (χ2n) is 11.2. The topological polar surface area (TPSA) is 111 Å². The Morgan fingerprint density at radius 2 is 1.79 bits per heavy atom. The molecule has 9 nitrogen and oxygen atoms in total. The smallest absolute Gasteiger partial charge is 0.258 e. The van der Waals surface area contributed by atoms with Gasteiger partial charge in [0.15, 0.2) is 11.0 Å². The van der Waals surface area contributed by atoms with Crippen molar-refractivity contribution in [1.82, 2.24) is 19.8 Å². The zero-order valence-corrected chi connectivity index (χ0v) is 24.9. The van der Waals surface area contributed by atoms with Gasteiger partial charge in [-0.2, -0.15) is 0 Å². The Balaban J connectivity index is 2.03. The summed E-state index contributed by atoms with van der Waals surface area (Å²) in [6.45, 7) is 12.6. The molecule has 38 heavy (non-hydrogen) atoms. The van der Waals surface area contributed by atoms with Gasteiger partial charge < -0.3 is 15.5 Å². The molecule has 0 aromatic heterocycles.